The molecule has 3 aromatic rings. The van der Waals surface area contributed by atoms with E-state index in [0.717, 1.165) is 36.6 Å². The average Bonchev–Trinajstić information content (AvgIpc) is 2.91. The van der Waals surface area contributed by atoms with Gasteiger partial charge in [0.05, 0.1) is 18.8 Å². The Hall–Kier alpha value is -3.60. The molecule has 0 saturated heterocycles. The van der Waals surface area contributed by atoms with E-state index < -0.39 is 0 Å². The van der Waals surface area contributed by atoms with Crippen molar-refractivity contribution in [2.24, 2.45) is 0 Å². The Bertz CT molecular complexity index is 1100. The summed E-state index contributed by atoms with van der Waals surface area (Å²) in [4.78, 5) is 23.3. The first-order valence-corrected chi connectivity index (χ1v) is 12.4. The van der Waals surface area contributed by atoms with Crippen LogP contribution in [0.4, 0.5) is 0 Å². The molecule has 0 atom stereocenters. The Kier molecular flexibility index (Phi) is 15.0. The lowest BCUT2D eigenvalue weighted by molar-refractivity contribution is -0.137. The molecule has 0 amide bonds. The van der Waals surface area contributed by atoms with Crippen LogP contribution in [-0.4, -0.2) is 19.2 Å². The van der Waals surface area contributed by atoms with Gasteiger partial charge in [-0.2, -0.15) is 0 Å². The summed E-state index contributed by atoms with van der Waals surface area (Å²) < 4.78 is 16.2. The molecule has 0 spiro atoms. The molecule has 0 fully saturated rings. The van der Waals surface area contributed by atoms with Gasteiger partial charge in [-0.15, -0.1) is 0 Å². The van der Waals surface area contributed by atoms with Crippen molar-refractivity contribution in [1.29, 1.82) is 0 Å². The first-order chi connectivity index (χ1) is 17.2. The summed E-state index contributed by atoms with van der Waals surface area (Å²) >= 11 is 0. The SMILES string of the molecule is C=CC(=O)OCCC/C=C/CCCOc1ccc2cc(-c3ccccc3)c(=O)oc2c1.CC.CC. The smallest absolute Gasteiger partial charge is 0.344 e. The summed E-state index contributed by atoms with van der Waals surface area (Å²) in [5, 5.41) is 0.854. The standard InChI is InChI=1S/C26H26O5.2C2H6/c1-2-25(27)30-17-11-6-4-3-5-10-16-29-22-15-14-21-18-23(20-12-8-7-9-13-20)26(28)31-24(21)19-22;2*1-2/h2-4,7-9,12-15,18-19H,1,5-6,10-11,16-17H2;2*1-2H3/b4-3+;;. The number of carbonyl (C=O) groups is 1. The molecule has 0 radical (unpaired) electrons. The van der Waals surface area contributed by atoms with Gasteiger partial charge in [0.25, 0.3) is 0 Å². The third-order valence-electron chi connectivity index (χ3n) is 4.67. The van der Waals surface area contributed by atoms with Crippen molar-refractivity contribution in [3.8, 4) is 16.9 Å². The zero-order chi connectivity index (χ0) is 25.9. The minimum absolute atomic E-state index is 0.361. The number of hydrogen-bond donors (Lipinski definition) is 0. The Morgan fingerprint density at radius 3 is 2.23 bits per heavy atom. The highest BCUT2D eigenvalue weighted by molar-refractivity contribution is 5.82. The van der Waals surface area contributed by atoms with Crippen LogP contribution in [0.5, 0.6) is 5.75 Å². The molecular weight excluding hydrogens is 440 g/mol. The zero-order valence-electron chi connectivity index (χ0n) is 21.4. The fraction of sp³-hybridized carbons (Fsp3) is 0.333. The molecule has 188 valence electrons. The molecule has 1 heterocycles. The second-order valence-electron chi connectivity index (χ2n) is 6.99. The zero-order valence-corrected chi connectivity index (χ0v) is 21.4. The number of hydrogen-bond acceptors (Lipinski definition) is 5. The number of allylic oxidation sites excluding steroid dienone is 2. The third-order valence-corrected chi connectivity index (χ3v) is 4.67. The molecule has 35 heavy (non-hydrogen) atoms. The van der Waals surface area contributed by atoms with E-state index in [1.165, 1.54) is 6.08 Å². The van der Waals surface area contributed by atoms with E-state index >= 15 is 0 Å². The molecule has 2 aromatic carbocycles. The number of fused-ring (bicyclic) bond motifs is 1. The van der Waals surface area contributed by atoms with Gasteiger partial charge in [-0.25, -0.2) is 9.59 Å². The summed E-state index contributed by atoms with van der Waals surface area (Å²) in [7, 11) is 0. The molecule has 0 N–H and O–H groups in total. The van der Waals surface area contributed by atoms with Gasteiger partial charge in [0.15, 0.2) is 0 Å². The fourth-order valence-corrected chi connectivity index (χ4v) is 3.06. The highest BCUT2D eigenvalue weighted by Gasteiger charge is 2.08. The van der Waals surface area contributed by atoms with Crippen molar-refractivity contribution in [2.45, 2.75) is 53.4 Å². The van der Waals surface area contributed by atoms with Crippen molar-refractivity contribution >= 4 is 16.9 Å². The fourth-order valence-electron chi connectivity index (χ4n) is 3.06. The van der Waals surface area contributed by atoms with Crippen LogP contribution in [0.3, 0.4) is 0 Å². The van der Waals surface area contributed by atoms with Crippen LogP contribution in [0.15, 0.2) is 88.6 Å². The summed E-state index contributed by atoms with van der Waals surface area (Å²) in [6.07, 6.45) is 8.77. The minimum Gasteiger partial charge on any atom is -0.493 e. The second-order valence-corrected chi connectivity index (χ2v) is 6.99. The highest BCUT2D eigenvalue weighted by atomic mass is 16.5. The maximum Gasteiger partial charge on any atom is 0.344 e. The molecule has 0 unspecified atom stereocenters. The second kappa shape index (κ2) is 17.8. The molecule has 0 bridgehead atoms. The van der Waals surface area contributed by atoms with Crippen LogP contribution < -0.4 is 10.4 Å². The summed E-state index contributed by atoms with van der Waals surface area (Å²) in [6, 6.07) is 16.9. The largest absolute Gasteiger partial charge is 0.493 e. The summed E-state index contributed by atoms with van der Waals surface area (Å²) in [5.41, 5.74) is 1.54. The maximum absolute atomic E-state index is 12.4. The van der Waals surface area contributed by atoms with E-state index in [-0.39, 0.29) is 11.6 Å². The molecular formula is C30H38O5. The molecule has 5 heteroatoms. The van der Waals surface area contributed by atoms with Crippen molar-refractivity contribution in [1.82, 2.24) is 0 Å². The summed E-state index contributed by atoms with van der Waals surface area (Å²) in [6.45, 7) is 12.3. The number of esters is 1. The number of carbonyl (C=O) groups excluding carboxylic acids is 1. The minimum atomic E-state index is -0.384. The van der Waals surface area contributed by atoms with Crippen molar-refractivity contribution in [3.05, 3.63) is 89.8 Å². The van der Waals surface area contributed by atoms with E-state index in [1.807, 2.05) is 76.2 Å². The van der Waals surface area contributed by atoms with Crippen LogP contribution in [0.1, 0.15) is 53.4 Å². The number of unbranched alkanes of at least 4 members (excludes halogenated alkanes) is 2. The molecule has 0 aliphatic heterocycles. The van der Waals surface area contributed by atoms with Crippen LogP contribution >= 0.6 is 0 Å². The number of rotatable bonds is 11. The lowest BCUT2D eigenvalue weighted by atomic mass is 10.1. The first kappa shape index (κ1) is 29.4. The molecule has 0 aliphatic rings. The lowest BCUT2D eigenvalue weighted by Gasteiger charge is -2.07. The number of benzene rings is 2. The van der Waals surface area contributed by atoms with Gasteiger partial charge in [-0.3, -0.25) is 0 Å². The Balaban J connectivity index is 0.00000145. The van der Waals surface area contributed by atoms with Crippen LogP contribution in [0.25, 0.3) is 22.1 Å². The molecule has 0 aliphatic carbocycles. The summed E-state index contributed by atoms with van der Waals surface area (Å²) in [5.74, 6) is 0.293. The van der Waals surface area contributed by atoms with Crippen molar-refractivity contribution in [3.63, 3.8) is 0 Å². The van der Waals surface area contributed by atoms with Gasteiger partial charge in [0.2, 0.25) is 0 Å². The quantitative estimate of drug-likeness (QED) is 0.0927. The van der Waals surface area contributed by atoms with Gasteiger partial charge < -0.3 is 13.9 Å². The van der Waals surface area contributed by atoms with Crippen molar-refractivity contribution in [2.75, 3.05) is 13.2 Å². The monoisotopic (exact) mass is 478 g/mol. The normalized spacial score (nSPS) is 10.1. The number of ether oxygens (including phenoxy) is 2. The van der Waals surface area contributed by atoms with Gasteiger partial charge in [0.1, 0.15) is 11.3 Å². The highest BCUT2D eigenvalue weighted by Crippen LogP contribution is 2.24. The molecule has 5 nitrogen and oxygen atoms in total. The van der Waals surface area contributed by atoms with E-state index in [2.05, 4.69) is 18.7 Å². The van der Waals surface area contributed by atoms with E-state index in [0.29, 0.717) is 30.1 Å². The maximum atomic E-state index is 12.4. The van der Waals surface area contributed by atoms with Gasteiger partial charge in [-0.05, 0) is 49.4 Å². The predicted octanol–water partition coefficient (Wildman–Crippen LogP) is 7.74. The first-order valence-electron chi connectivity index (χ1n) is 12.4. The Morgan fingerprint density at radius 2 is 1.57 bits per heavy atom. The molecule has 0 saturated carbocycles. The molecule has 3 rings (SSSR count). The lowest BCUT2D eigenvalue weighted by Crippen LogP contribution is -2.03. The van der Waals surface area contributed by atoms with Gasteiger partial charge in [0, 0.05) is 17.5 Å². The van der Waals surface area contributed by atoms with E-state index in [1.54, 1.807) is 6.07 Å². The van der Waals surface area contributed by atoms with Gasteiger partial charge >= 0.3 is 11.6 Å². The average molecular weight is 479 g/mol. The van der Waals surface area contributed by atoms with Crippen LogP contribution in [-0.2, 0) is 9.53 Å². The topological polar surface area (TPSA) is 65.7 Å². The van der Waals surface area contributed by atoms with Crippen LogP contribution in [0, 0.1) is 0 Å². The third kappa shape index (κ3) is 10.5. The van der Waals surface area contributed by atoms with Gasteiger partial charge in [-0.1, -0.05) is 76.8 Å². The Labute approximate surface area is 209 Å². The van der Waals surface area contributed by atoms with E-state index in [4.69, 9.17) is 13.9 Å². The predicted molar refractivity (Wildman–Crippen MR) is 145 cm³/mol. The van der Waals surface area contributed by atoms with Crippen LogP contribution in [0.2, 0.25) is 0 Å². The van der Waals surface area contributed by atoms with Crippen molar-refractivity contribution < 1.29 is 18.7 Å². The molecule has 1 aromatic heterocycles. The van der Waals surface area contributed by atoms with E-state index in [9.17, 15) is 9.59 Å². The Morgan fingerprint density at radius 1 is 0.914 bits per heavy atom.